The van der Waals surface area contributed by atoms with E-state index < -0.39 is 0 Å². The Hall–Kier alpha value is -1.92. The number of rotatable bonds is 9. The van der Waals surface area contributed by atoms with Gasteiger partial charge in [-0.25, -0.2) is 0 Å². The molecule has 25 heavy (non-hydrogen) atoms. The van der Waals surface area contributed by atoms with Crippen LogP contribution in [0.15, 0.2) is 24.3 Å². The van der Waals surface area contributed by atoms with Gasteiger partial charge in [0, 0.05) is 24.3 Å². The molecule has 136 valence electrons. The minimum atomic E-state index is -0.0665. The molecule has 3 N–H and O–H groups in total. The lowest BCUT2D eigenvalue weighted by Gasteiger charge is -2.14. The molecule has 2 fully saturated rings. The second-order valence-corrected chi connectivity index (χ2v) is 7.00. The van der Waals surface area contributed by atoms with Gasteiger partial charge in [-0.05, 0) is 75.5 Å². The highest BCUT2D eigenvalue weighted by molar-refractivity contribution is 5.96. The van der Waals surface area contributed by atoms with E-state index in [2.05, 4.69) is 20.9 Å². The maximum absolute atomic E-state index is 12.1. The van der Waals surface area contributed by atoms with Gasteiger partial charge in [0.25, 0.3) is 5.91 Å². The van der Waals surface area contributed by atoms with Crippen molar-refractivity contribution in [3.63, 3.8) is 0 Å². The molecule has 1 aromatic rings. The summed E-state index contributed by atoms with van der Waals surface area (Å²) in [5.74, 6) is 0.641. The number of nitrogens with zero attached hydrogens (tertiary/aromatic N) is 1. The van der Waals surface area contributed by atoms with Gasteiger partial charge in [-0.2, -0.15) is 0 Å². The molecule has 0 spiro atoms. The summed E-state index contributed by atoms with van der Waals surface area (Å²) in [5, 5.41) is 8.96. The van der Waals surface area contributed by atoms with Crippen LogP contribution in [0.5, 0.6) is 0 Å². The third-order valence-electron chi connectivity index (χ3n) is 4.76. The zero-order chi connectivity index (χ0) is 17.5. The highest BCUT2D eigenvalue weighted by atomic mass is 16.2. The fourth-order valence-corrected chi connectivity index (χ4v) is 3.06. The predicted molar refractivity (Wildman–Crippen MR) is 98.7 cm³/mol. The molecule has 0 unspecified atom stereocenters. The van der Waals surface area contributed by atoms with Crippen molar-refractivity contribution in [1.29, 1.82) is 0 Å². The number of amides is 2. The van der Waals surface area contributed by atoms with Crippen molar-refractivity contribution in [3.05, 3.63) is 29.8 Å². The van der Waals surface area contributed by atoms with Gasteiger partial charge in [-0.15, -0.1) is 0 Å². The molecule has 0 atom stereocenters. The molecule has 1 aliphatic carbocycles. The normalized spacial score (nSPS) is 17.4. The van der Waals surface area contributed by atoms with E-state index in [0.717, 1.165) is 32.1 Å². The lowest BCUT2D eigenvalue weighted by molar-refractivity contribution is -0.115. The molecule has 0 bridgehead atoms. The molecule has 2 aliphatic rings. The van der Waals surface area contributed by atoms with E-state index in [-0.39, 0.29) is 11.8 Å². The van der Waals surface area contributed by atoms with Crippen LogP contribution in [0.3, 0.4) is 0 Å². The molecular weight excluding hydrogens is 316 g/mol. The lowest BCUT2D eigenvalue weighted by Crippen LogP contribution is -2.33. The Bertz CT molecular complexity index is 578. The van der Waals surface area contributed by atoms with E-state index in [1.807, 2.05) is 0 Å². The zero-order valence-corrected chi connectivity index (χ0v) is 14.7. The Kier molecular flexibility index (Phi) is 6.42. The highest BCUT2D eigenvalue weighted by Gasteiger charge is 2.20. The monoisotopic (exact) mass is 344 g/mol. The molecule has 0 aromatic heterocycles. The van der Waals surface area contributed by atoms with Crippen molar-refractivity contribution >= 4 is 17.5 Å². The van der Waals surface area contributed by atoms with Crippen LogP contribution >= 0.6 is 0 Å². The Morgan fingerprint density at radius 3 is 2.48 bits per heavy atom. The van der Waals surface area contributed by atoms with Crippen LogP contribution in [0.25, 0.3) is 0 Å². The number of likely N-dealkylation sites (tertiary alicyclic amines) is 1. The van der Waals surface area contributed by atoms with Crippen molar-refractivity contribution in [2.24, 2.45) is 5.92 Å². The first-order valence-electron chi connectivity index (χ1n) is 9.32. The zero-order valence-electron chi connectivity index (χ0n) is 14.7. The first-order chi connectivity index (χ1) is 12.2. The van der Waals surface area contributed by atoms with E-state index in [1.54, 1.807) is 24.3 Å². The smallest absolute Gasteiger partial charge is 0.251 e. The molecule has 1 aliphatic heterocycles. The summed E-state index contributed by atoms with van der Waals surface area (Å²) in [7, 11) is 0. The Morgan fingerprint density at radius 1 is 1.08 bits per heavy atom. The summed E-state index contributed by atoms with van der Waals surface area (Å²) in [5.41, 5.74) is 1.33. The molecular formula is C19H28N4O2. The van der Waals surface area contributed by atoms with Gasteiger partial charge in [-0.1, -0.05) is 0 Å². The van der Waals surface area contributed by atoms with Gasteiger partial charge >= 0.3 is 0 Å². The van der Waals surface area contributed by atoms with Gasteiger partial charge in [0.1, 0.15) is 0 Å². The van der Waals surface area contributed by atoms with Crippen LogP contribution in [0.1, 0.15) is 36.0 Å². The van der Waals surface area contributed by atoms with E-state index in [1.165, 1.54) is 25.7 Å². The number of carbonyl (C=O) groups excluding carboxylic acids is 2. The Labute approximate surface area is 149 Å². The van der Waals surface area contributed by atoms with Gasteiger partial charge < -0.3 is 20.9 Å². The predicted octanol–water partition coefficient (Wildman–Crippen LogP) is 1.45. The third-order valence-corrected chi connectivity index (χ3v) is 4.76. The van der Waals surface area contributed by atoms with Crippen molar-refractivity contribution in [2.45, 2.75) is 25.7 Å². The molecule has 1 saturated heterocycles. The van der Waals surface area contributed by atoms with Gasteiger partial charge in [0.2, 0.25) is 5.91 Å². The maximum Gasteiger partial charge on any atom is 0.251 e. The minimum Gasteiger partial charge on any atom is -0.351 e. The summed E-state index contributed by atoms with van der Waals surface area (Å²) in [6.45, 7) is 5.11. The largest absolute Gasteiger partial charge is 0.351 e. The Morgan fingerprint density at radius 2 is 1.80 bits per heavy atom. The highest BCUT2D eigenvalue weighted by Crippen LogP contribution is 2.27. The summed E-state index contributed by atoms with van der Waals surface area (Å²) in [4.78, 5) is 26.4. The quantitative estimate of drug-likeness (QED) is 0.634. The second-order valence-electron chi connectivity index (χ2n) is 7.00. The SMILES string of the molecule is O=C(CNCC1CC1)Nc1ccc(C(=O)NCCN2CCCC2)cc1. The summed E-state index contributed by atoms with van der Waals surface area (Å²) in [6, 6.07) is 7.04. The van der Waals surface area contributed by atoms with Crippen LogP contribution in [0.4, 0.5) is 5.69 Å². The standard InChI is InChI=1S/C19H28N4O2/c24-18(14-20-13-15-3-4-15)22-17-7-5-16(6-8-17)19(25)21-9-12-23-10-1-2-11-23/h5-8,15,20H,1-4,9-14H2,(H,21,25)(H,22,24). The first kappa shape index (κ1) is 17.9. The average molecular weight is 344 g/mol. The topological polar surface area (TPSA) is 73.5 Å². The van der Waals surface area contributed by atoms with Crippen molar-refractivity contribution in [2.75, 3.05) is 44.6 Å². The van der Waals surface area contributed by atoms with E-state index in [0.29, 0.717) is 24.3 Å². The molecule has 1 aromatic carbocycles. The van der Waals surface area contributed by atoms with Crippen LogP contribution in [-0.2, 0) is 4.79 Å². The molecule has 6 nitrogen and oxygen atoms in total. The molecule has 1 heterocycles. The Balaban J connectivity index is 1.36. The number of hydrogen-bond acceptors (Lipinski definition) is 4. The third kappa shape index (κ3) is 6.14. The number of benzene rings is 1. The van der Waals surface area contributed by atoms with Crippen LogP contribution in [0.2, 0.25) is 0 Å². The number of hydrogen-bond donors (Lipinski definition) is 3. The van der Waals surface area contributed by atoms with E-state index in [4.69, 9.17) is 0 Å². The number of nitrogens with one attached hydrogen (secondary N) is 3. The minimum absolute atomic E-state index is 0.0523. The maximum atomic E-state index is 12.1. The molecule has 1 saturated carbocycles. The van der Waals surface area contributed by atoms with Crippen molar-refractivity contribution in [1.82, 2.24) is 15.5 Å². The van der Waals surface area contributed by atoms with Crippen LogP contribution in [0, 0.1) is 5.92 Å². The summed E-state index contributed by atoms with van der Waals surface area (Å²) >= 11 is 0. The fraction of sp³-hybridized carbons (Fsp3) is 0.579. The molecule has 0 radical (unpaired) electrons. The number of carbonyl (C=O) groups is 2. The van der Waals surface area contributed by atoms with Crippen LogP contribution in [-0.4, -0.2) is 56.0 Å². The van der Waals surface area contributed by atoms with E-state index >= 15 is 0 Å². The fourth-order valence-electron chi connectivity index (χ4n) is 3.06. The average Bonchev–Trinajstić information content (AvgIpc) is 3.28. The molecule has 3 rings (SSSR count). The lowest BCUT2D eigenvalue weighted by atomic mass is 10.2. The van der Waals surface area contributed by atoms with Crippen molar-refractivity contribution in [3.8, 4) is 0 Å². The van der Waals surface area contributed by atoms with Crippen LogP contribution < -0.4 is 16.0 Å². The number of anilines is 1. The van der Waals surface area contributed by atoms with Gasteiger partial charge in [-0.3, -0.25) is 9.59 Å². The second kappa shape index (κ2) is 8.97. The summed E-state index contributed by atoms with van der Waals surface area (Å²) in [6.07, 6.45) is 5.07. The molecule has 2 amide bonds. The van der Waals surface area contributed by atoms with Gasteiger partial charge in [0.15, 0.2) is 0 Å². The van der Waals surface area contributed by atoms with Crippen molar-refractivity contribution < 1.29 is 9.59 Å². The molecule has 6 heteroatoms. The summed E-state index contributed by atoms with van der Waals surface area (Å²) < 4.78 is 0. The van der Waals surface area contributed by atoms with E-state index in [9.17, 15) is 9.59 Å². The first-order valence-corrected chi connectivity index (χ1v) is 9.32. The van der Waals surface area contributed by atoms with Gasteiger partial charge in [0.05, 0.1) is 6.54 Å².